The van der Waals surface area contributed by atoms with E-state index in [0.29, 0.717) is 0 Å². The highest BCUT2D eigenvalue weighted by atomic mass is 35.5. The molecule has 11 heavy (non-hydrogen) atoms. The van der Waals surface area contributed by atoms with Gasteiger partial charge >= 0.3 is 5.97 Å². The van der Waals surface area contributed by atoms with Gasteiger partial charge in [0.2, 0.25) is 11.2 Å². The number of nitrogens with zero attached hydrogens (tertiary/aromatic N) is 2. The summed E-state index contributed by atoms with van der Waals surface area (Å²) in [5, 5.41) is 0.0590. The first-order valence-electron chi connectivity index (χ1n) is 2.85. The molecule has 58 valence electrons. The largest absolute Gasteiger partial charge is 0.407 e. The average molecular weight is 173 g/mol. The highest BCUT2D eigenvalue weighted by molar-refractivity contribution is 6.28. The Bertz CT molecular complexity index is 277. The topological polar surface area (TPSA) is 52.1 Å². The summed E-state index contributed by atoms with van der Waals surface area (Å²) in [5.74, 6) is -0.266. The minimum atomic E-state index is -0.431. The lowest BCUT2D eigenvalue weighted by molar-refractivity contribution is -0.132. The van der Waals surface area contributed by atoms with E-state index in [1.165, 1.54) is 19.2 Å². The molecule has 0 saturated carbocycles. The summed E-state index contributed by atoms with van der Waals surface area (Å²) in [6.07, 6.45) is 1.41. The Morgan fingerprint density at radius 1 is 1.73 bits per heavy atom. The van der Waals surface area contributed by atoms with Crippen LogP contribution >= 0.6 is 11.6 Å². The van der Waals surface area contributed by atoms with Gasteiger partial charge in [-0.15, -0.1) is 0 Å². The van der Waals surface area contributed by atoms with Gasteiger partial charge in [-0.1, -0.05) is 0 Å². The fraction of sp³-hybridized carbons (Fsp3) is 0.167. The molecule has 0 bridgehead atoms. The van der Waals surface area contributed by atoms with Crippen molar-refractivity contribution in [3.8, 4) is 5.88 Å². The number of carbonyl (C=O) groups is 1. The second-order valence-corrected chi connectivity index (χ2v) is 2.10. The maximum Gasteiger partial charge on any atom is 0.309 e. The van der Waals surface area contributed by atoms with Crippen molar-refractivity contribution in [1.29, 1.82) is 0 Å². The third-order valence-electron chi connectivity index (χ3n) is 0.849. The van der Waals surface area contributed by atoms with Crippen LogP contribution in [0.25, 0.3) is 0 Å². The van der Waals surface area contributed by atoms with Gasteiger partial charge in [0.05, 0.1) is 0 Å². The van der Waals surface area contributed by atoms with Crippen molar-refractivity contribution in [2.24, 2.45) is 0 Å². The second kappa shape index (κ2) is 3.30. The van der Waals surface area contributed by atoms with Gasteiger partial charge in [-0.2, -0.15) is 4.98 Å². The van der Waals surface area contributed by atoms with Gasteiger partial charge in [-0.25, -0.2) is 4.98 Å². The molecule has 5 heteroatoms. The van der Waals surface area contributed by atoms with Crippen molar-refractivity contribution in [2.75, 3.05) is 0 Å². The Kier molecular flexibility index (Phi) is 2.38. The molecule has 0 aromatic carbocycles. The molecule has 0 aliphatic rings. The SMILES string of the molecule is CC(=O)Oc1ccnc(Cl)n1. The Morgan fingerprint density at radius 2 is 2.45 bits per heavy atom. The number of ether oxygens (including phenoxy) is 1. The van der Waals surface area contributed by atoms with Crippen LogP contribution in [0.15, 0.2) is 12.3 Å². The van der Waals surface area contributed by atoms with Gasteiger partial charge in [0.1, 0.15) is 0 Å². The van der Waals surface area contributed by atoms with E-state index in [2.05, 4.69) is 14.7 Å². The maximum atomic E-state index is 10.4. The lowest BCUT2D eigenvalue weighted by atomic mass is 10.6. The molecule has 0 fully saturated rings. The van der Waals surface area contributed by atoms with Crippen LogP contribution in [0.2, 0.25) is 5.28 Å². The molecule has 0 aliphatic heterocycles. The molecular weight excluding hydrogens is 168 g/mol. The summed E-state index contributed by atoms with van der Waals surface area (Å²) in [6.45, 7) is 1.29. The zero-order valence-corrected chi connectivity index (χ0v) is 6.50. The zero-order chi connectivity index (χ0) is 8.27. The van der Waals surface area contributed by atoms with Crippen LogP contribution in [0, 0.1) is 0 Å². The molecule has 1 aromatic heterocycles. The van der Waals surface area contributed by atoms with Crippen LogP contribution in [0.1, 0.15) is 6.92 Å². The summed E-state index contributed by atoms with van der Waals surface area (Å²) in [4.78, 5) is 17.6. The van der Waals surface area contributed by atoms with Crippen LogP contribution in [-0.2, 0) is 4.79 Å². The summed E-state index contributed by atoms with van der Waals surface area (Å²) in [7, 11) is 0. The van der Waals surface area contributed by atoms with E-state index in [1.807, 2.05) is 0 Å². The summed E-state index contributed by atoms with van der Waals surface area (Å²) in [5.41, 5.74) is 0. The van der Waals surface area contributed by atoms with Crippen molar-refractivity contribution in [1.82, 2.24) is 9.97 Å². The monoisotopic (exact) mass is 172 g/mol. The van der Waals surface area contributed by atoms with E-state index in [9.17, 15) is 4.79 Å². The average Bonchev–Trinajstić information content (AvgIpc) is 1.85. The number of esters is 1. The number of halogens is 1. The highest BCUT2D eigenvalue weighted by Crippen LogP contribution is 2.07. The highest BCUT2D eigenvalue weighted by Gasteiger charge is 1.99. The first-order valence-corrected chi connectivity index (χ1v) is 3.23. The van der Waals surface area contributed by atoms with Crippen LogP contribution in [0.3, 0.4) is 0 Å². The smallest absolute Gasteiger partial charge is 0.309 e. The fourth-order valence-electron chi connectivity index (χ4n) is 0.524. The Hall–Kier alpha value is -1.16. The Balaban J connectivity index is 2.79. The van der Waals surface area contributed by atoms with Crippen molar-refractivity contribution >= 4 is 17.6 Å². The third-order valence-corrected chi connectivity index (χ3v) is 1.03. The molecule has 4 nitrogen and oxygen atoms in total. The molecule has 1 heterocycles. The normalized spacial score (nSPS) is 9.27. The van der Waals surface area contributed by atoms with Gasteiger partial charge in [-0.3, -0.25) is 4.79 Å². The minimum absolute atomic E-state index is 0.0590. The predicted octanol–water partition coefficient (Wildman–Crippen LogP) is 1.06. The van der Waals surface area contributed by atoms with Crippen molar-refractivity contribution in [3.05, 3.63) is 17.5 Å². The molecule has 0 atom stereocenters. The van der Waals surface area contributed by atoms with E-state index in [4.69, 9.17) is 11.6 Å². The molecule has 0 radical (unpaired) electrons. The van der Waals surface area contributed by atoms with Crippen LogP contribution in [0.4, 0.5) is 0 Å². The predicted molar refractivity (Wildman–Crippen MR) is 38.4 cm³/mol. The van der Waals surface area contributed by atoms with E-state index in [1.54, 1.807) is 0 Å². The summed E-state index contributed by atoms with van der Waals surface area (Å²) >= 11 is 5.41. The van der Waals surface area contributed by atoms with Crippen molar-refractivity contribution in [3.63, 3.8) is 0 Å². The Morgan fingerprint density at radius 3 is 3.00 bits per heavy atom. The molecule has 0 N–H and O–H groups in total. The van der Waals surface area contributed by atoms with E-state index in [0.717, 1.165) is 0 Å². The maximum absolute atomic E-state index is 10.4. The van der Waals surface area contributed by atoms with Gasteiger partial charge in [-0.05, 0) is 11.6 Å². The fourth-order valence-corrected chi connectivity index (χ4v) is 0.663. The van der Waals surface area contributed by atoms with Crippen molar-refractivity contribution < 1.29 is 9.53 Å². The molecule has 0 unspecified atom stereocenters. The lowest BCUT2D eigenvalue weighted by Crippen LogP contribution is -2.03. The lowest BCUT2D eigenvalue weighted by Gasteiger charge is -1.97. The number of rotatable bonds is 1. The molecular formula is C6H5ClN2O2. The van der Waals surface area contributed by atoms with Gasteiger partial charge < -0.3 is 4.74 Å². The minimum Gasteiger partial charge on any atom is -0.407 e. The number of hydrogen-bond acceptors (Lipinski definition) is 4. The quantitative estimate of drug-likeness (QED) is 0.470. The summed E-state index contributed by atoms with van der Waals surface area (Å²) < 4.78 is 4.62. The number of carbonyl (C=O) groups excluding carboxylic acids is 1. The molecule has 0 spiro atoms. The summed E-state index contributed by atoms with van der Waals surface area (Å²) in [6, 6.07) is 1.45. The van der Waals surface area contributed by atoms with Crippen LogP contribution in [0.5, 0.6) is 5.88 Å². The van der Waals surface area contributed by atoms with Crippen molar-refractivity contribution in [2.45, 2.75) is 6.92 Å². The molecule has 1 rings (SSSR count). The Labute approximate surface area is 68.2 Å². The van der Waals surface area contributed by atoms with E-state index >= 15 is 0 Å². The third kappa shape index (κ3) is 2.51. The molecule has 0 amide bonds. The first kappa shape index (κ1) is 7.94. The van der Waals surface area contributed by atoms with Crippen LogP contribution < -0.4 is 4.74 Å². The molecule has 1 aromatic rings. The van der Waals surface area contributed by atoms with E-state index < -0.39 is 5.97 Å². The standard InChI is InChI=1S/C6H5ClN2O2/c1-4(10)11-5-2-3-8-6(7)9-5/h2-3H,1H3. The number of hydrogen-bond donors (Lipinski definition) is 0. The first-order chi connectivity index (χ1) is 5.18. The van der Waals surface area contributed by atoms with Crippen LogP contribution in [-0.4, -0.2) is 15.9 Å². The molecule has 0 aliphatic carbocycles. The zero-order valence-electron chi connectivity index (χ0n) is 5.74. The molecule has 0 saturated heterocycles. The van der Waals surface area contributed by atoms with Gasteiger partial charge in [0, 0.05) is 19.2 Å². The second-order valence-electron chi connectivity index (χ2n) is 1.76. The van der Waals surface area contributed by atoms with Gasteiger partial charge in [0.25, 0.3) is 0 Å². The van der Waals surface area contributed by atoms with E-state index in [-0.39, 0.29) is 11.2 Å². The number of aromatic nitrogens is 2. The van der Waals surface area contributed by atoms with Gasteiger partial charge in [0.15, 0.2) is 0 Å².